The molecule has 3 aromatic rings. The lowest BCUT2D eigenvalue weighted by Crippen LogP contribution is -2.16. The number of carbonyl (C=O) groups excluding carboxylic acids is 1. The molecular formula is C20H15ClN4O. The van der Waals surface area contributed by atoms with Crippen LogP contribution in [0.4, 0.5) is 5.82 Å². The zero-order chi connectivity index (χ0) is 18.5. The largest absolute Gasteiger partial charge is 0.306 e. The Hall–Kier alpha value is -3.36. The smallest absolute Gasteiger partial charge is 0.267 e. The van der Waals surface area contributed by atoms with Crippen LogP contribution in [0.3, 0.4) is 0 Å². The van der Waals surface area contributed by atoms with Gasteiger partial charge in [-0.2, -0.15) is 10.4 Å². The molecule has 1 amide bonds. The first-order chi connectivity index (χ1) is 12.6. The highest BCUT2D eigenvalue weighted by Gasteiger charge is 2.14. The summed E-state index contributed by atoms with van der Waals surface area (Å²) in [5.41, 5.74) is 2.28. The zero-order valence-corrected chi connectivity index (χ0v) is 14.7. The van der Waals surface area contributed by atoms with Crippen molar-refractivity contribution in [1.29, 1.82) is 5.26 Å². The van der Waals surface area contributed by atoms with E-state index in [1.807, 2.05) is 43.3 Å². The van der Waals surface area contributed by atoms with Crippen LogP contribution < -0.4 is 5.32 Å². The number of amides is 1. The maximum Gasteiger partial charge on any atom is 0.267 e. The first kappa shape index (κ1) is 17.5. The average Bonchev–Trinajstić information content (AvgIpc) is 3.02. The van der Waals surface area contributed by atoms with Crippen LogP contribution in [0.1, 0.15) is 11.3 Å². The number of aryl methyl sites for hydroxylation is 1. The molecule has 0 aliphatic heterocycles. The first-order valence-electron chi connectivity index (χ1n) is 7.87. The molecule has 0 radical (unpaired) electrons. The van der Waals surface area contributed by atoms with Crippen LogP contribution in [0.15, 0.2) is 66.2 Å². The summed E-state index contributed by atoms with van der Waals surface area (Å²) in [5.74, 6) is -0.00418. The number of nitrogens with zero attached hydrogens (tertiary/aromatic N) is 3. The summed E-state index contributed by atoms with van der Waals surface area (Å²) in [5, 5.41) is 17.1. The molecule has 3 rings (SSSR count). The number of nitrogens with one attached hydrogen (secondary N) is 1. The minimum absolute atomic E-state index is 0.00853. The van der Waals surface area contributed by atoms with Crippen LogP contribution in [0.5, 0.6) is 0 Å². The minimum Gasteiger partial charge on any atom is -0.306 e. The second-order valence-corrected chi connectivity index (χ2v) is 6.03. The van der Waals surface area contributed by atoms with Crippen molar-refractivity contribution in [2.45, 2.75) is 6.92 Å². The predicted molar refractivity (Wildman–Crippen MR) is 102 cm³/mol. The summed E-state index contributed by atoms with van der Waals surface area (Å²) in [6, 6.07) is 20.0. The summed E-state index contributed by atoms with van der Waals surface area (Å²) < 4.78 is 1.63. The van der Waals surface area contributed by atoms with E-state index < -0.39 is 5.91 Å². The standard InChI is InChI=1S/C20H15ClN4O/c1-14-11-19(25(24-14)18-5-3-2-4-6-18)23-20(26)16(13-22)12-15-7-9-17(21)10-8-15/h2-12H,1H3,(H,23,26)/b16-12+. The molecule has 0 atom stereocenters. The topological polar surface area (TPSA) is 70.7 Å². The summed E-state index contributed by atoms with van der Waals surface area (Å²) in [4.78, 5) is 12.5. The fourth-order valence-electron chi connectivity index (χ4n) is 2.41. The van der Waals surface area contributed by atoms with E-state index in [4.69, 9.17) is 11.6 Å². The maximum atomic E-state index is 12.5. The molecule has 26 heavy (non-hydrogen) atoms. The van der Waals surface area contributed by atoms with Gasteiger partial charge in [0.2, 0.25) is 0 Å². The molecule has 1 heterocycles. The number of carbonyl (C=O) groups is 1. The van der Waals surface area contributed by atoms with Crippen molar-refractivity contribution in [1.82, 2.24) is 9.78 Å². The molecule has 0 fully saturated rings. The van der Waals surface area contributed by atoms with Crippen LogP contribution in [0, 0.1) is 18.3 Å². The third-order valence-electron chi connectivity index (χ3n) is 3.62. The molecule has 1 N–H and O–H groups in total. The summed E-state index contributed by atoms with van der Waals surface area (Å²) in [7, 11) is 0. The number of anilines is 1. The van der Waals surface area contributed by atoms with Gasteiger partial charge in [-0.25, -0.2) is 4.68 Å². The highest BCUT2D eigenvalue weighted by atomic mass is 35.5. The SMILES string of the molecule is Cc1cc(NC(=O)/C(C#N)=C/c2ccc(Cl)cc2)n(-c2ccccc2)n1. The molecule has 0 saturated carbocycles. The lowest BCUT2D eigenvalue weighted by Gasteiger charge is -2.08. The molecule has 0 spiro atoms. The first-order valence-corrected chi connectivity index (χ1v) is 8.25. The van der Waals surface area contributed by atoms with Crippen LogP contribution in [-0.4, -0.2) is 15.7 Å². The predicted octanol–water partition coefficient (Wildman–Crippen LogP) is 4.38. The van der Waals surface area contributed by atoms with Crippen molar-refractivity contribution in [3.63, 3.8) is 0 Å². The second-order valence-electron chi connectivity index (χ2n) is 5.59. The highest BCUT2D eigenvalue weighted by Crippen LogP contribution is 2.18. The second kappa shape index (κ2) is 7.68. The van der Waals surface area contributed by atoms with Gasteiger partial charge < -0.3 is 5.32 Å². The number of rotatable bonds is 4. The molecule has 1 aromatic heterocycles. The fraction of sp³-hybridized carbons (Fsp3) is 0.0500. The monoisotopic (exact) mass is 362 g/mol. The molecule has 0 saturated heterocycles. The van der Waals surface area contributed by atoms with Gasteiger partial charge in [0.25, 0.3) is 5.91 Å². The third kappa shape index (κ3) is 4.00. The lowest BCUT2D eigenvalue weighted by atomic mass is 10.1. The molecule has 0 aliphatic carbocycles. The molecule has 6 heteroatoms. The van der Waals surface area contributed by atoms with E-state index in [9.17, 15) is 10.1 Å². The Balaban J connectivity index is 1.88. The lowest BCUT2D eigenvalue weighted by molar-refractivity contribution is -0.112. The van der Waals surface area contributed by atoms with Crippen molar-refractivity contribution >= 4 is 29.4 Å². The van der Waals surface area contributed by atoms with Crippen molar-refractivity contribution in [3.05, 3.63) is 82.5 Å². The van der Waals surface area contributed by atoms with Crippen LogP contribution in [-0.2, 0) is 4.79 Å². The van der Waals surface area contributed by atoms with Gasteiger partial charge in [0.05, 0.1) is 11.4 Å². The van der Waals surface area contributed by atoms with E-state index in [0.29, 0.717) is 16.4 Å². The highest BCUT2D eigenvalue weighted by molar-refractivity contribution is 6.30. The molecular weight excluding hydrogens is 348 g/mol. The van der Waals surface area contributed by atoms with E-state index in [-0.39, 0.29) is 5.57 Å². The number of hydrogen-bond donors (Lipinski definition) is 1. The van der Waals surface area contributed by atoms with Gasteiger partial charge in [-0.1, -0.05) is 41.9 Å². The molecule has 0 aliphatic rings. The Kier molecular flexibility index (Phi) is 5.16. The van der Waals surface area contributed by atoms with Crippen molar-refractivity contribution < 1.29 is 4.79 Å². The molecule has 5 nitrogen and oxygen atoms in total. The Morgan fingerprint density at radius 1 is 1.19 bits per heavy atom. The van der Waals surface area contributed by atoms with E-state index in [1.54, 1.807) is 35.0 Å². The summed E-state index contributed by atoms with van der Waals surface area (Å²) in [6.45, 7) is 1.84. The van der Waals surface area contributed by atoms with Gasteiger partial charge in [0.15, 0.2) is 0 Å². The molecule has 2 aromatic carbocycles. The van der Waals surface area contributed by atoms with Crippen molar-refractivity contribution in [3.8, 4) is 11.8 Å². The van der Waals surface area contributed by atoms with Gasteiger partial charge in [0, 0.05) is 11.1 Å². The maximum absolute atomic E-state index is 12.5. The molecule has 0 unspecified atom stereocenters. The Bertz CT molecular complexity index is 999. The van der Waals surface area contributed by atoms with Crippen molar-refractivity contribution in [2.75, 3.05) is 5.32 Å². The number of halogens is 1. The average molecular weight is 363 g/mol. The number of benzene rings is 2. The van der Waals surface area contributed by atoms with E-state index in [0.717, 1.165) is 11.4 Å². The van der Waals surface area contributed by atoms with E-state index in [2.05, 4.69) is 10.4 Å². The Labute approximate surface area is 156 Å². The van der Waals surface area contributed by atoms with Gasteiger partial charge >= 0.3 is 0 Å². The number of nitriles is 1. The number of aromatic nitrogens is 2. The van der Waals surface area contributed by atoms with E-state index in [1.165, 1.54) is 6.08 Å². The van der Waals surface area contributed by atoms with Gasteiger partial charge in [-0.15, -0.1) is 0 Å². The van der Waals surface area contributed by atoms with Gasteiger partial charge in [-0.3, -0.25) is 4.79 Å². The molecule has 0 bridgehead atoms. The third-order valence-corrected chi connectivity index (χ3v) is 3.87. The van der Waals surface area contributed by atoms with Gasteiger partial charge in [0.1, 0.15) is 17.5 Å². The Morgan fingerprint density at radius 3 is 2.54 bits per heavy atom. The minimum atomic E-state index is -0.500. The zero-order valence-electron chi connectivity index (χ0n) is 14.0. The summed E-state index contributed by atoms with van der Waals surface area (Å²) >= 11 is 5.86. The van der Waals surface area contributed by atoms with Crippen LogP contribution in [0.25, 0.3) is 11.8 Å². The van der Waals surface area contributed by atoms with E-state index >= 15 is 0 Å². The van der Waals surface area contributed by atoms with Crippen LogP contribution >= 0.6 is 11.6 Å². The van der Waals surface area contributed by atoms with Crippen LogP contribution in [0.2, 0.25) is 5.02 Å². The quantitative estimate of drug-likeness (QED) is 0.553. The number of para-hydroxylation sites is 1. The Morgan fingerprint density at radius 2 is 1.88 bits per heavy atom. The molecule has 128 valence electrons. The normalized spacial score (nSPS) is 11.0. The number of hydrogen-bond acceptors (Lipinski definition) is 3. The summed E-state index contributed by atoms with van der Waals surface area (Å²) in [6.07, 6.45) is 1.52. The fourth-order valence-corrected chi connectivity index (χ4v) is 2.54. The van der Waals surface area contributed by atoms with Gasteiger partial charge in [-0.05, 0) is 42.8 Å². The van der Waals surface area contributed by atoms with Crippen molar-refractivity contribution in [2.24, 2.45) is 0 Å².